The topological polar surface area (TPSA) is 62.3 Å². The van der Waals surface area contributed by atoms with Crippen LogP contribution in [0, 0.1) is 30.6 Å². The third-order valence-electron chi connectivity index (χ3n) is 6.19. The highest BCUT2D eigenvalue weighted by Gasteiger charge is 2.58. The normalized spacial score (nSPS) is 29.0. The second kappa shape index (κ2) is 5.66. The zero-order chi connectivity index (χ0) is 17.8. The molecule has 1 aromatic heterocycles. The van der Waals surface area contributed by atoms with Crippen molar-refractivity contribution in [3.63, 3.8) is 0 Å². The number of para-hydroxylation sites is 1. The average molecular weight is 347 g/mol. The number of nitrogens with one attached hydrogen (secondary N) is 1. The standard InChI is InChI=1S/C21H21N3O2/c1-12-3-2-4-15-16(7-8-23-19(12)15)22-9-10-24-20(25)17-13-5-6-14(11-13)18(17)21(24)26/h2-8,13-14,17-18H,9-11H2,1H3,(H,22,23). The molecule has 2 aromatic rings. The summed E-state index contributed by atoms with van der Waals surface area (Å²) in [5.74, 6) is 0.366. The second-order valence-corrected chi connectivity index (χ2v) is 7.58. The van der Waals surface area contributed by atoms with Crippen LogP contribution in [0.15, 0.2) is 42.6 Å². The molecule has 1 saturated carbocycles. The van der Waals surface area contributed by atoms with Gasteiger partial charge in [0.05, 0.1) is 17.4 Å². The van der Waals surface area contributed by atoms with Crippen LogP contribution in [-0.2, 0) is 9.59 Å². The maximum Gasteiger partial charge on any atom is 0.233 e. The van der Waals surface area contributed by atoms with E-state index in [0.29, 0.717) is 13.1 Å². The summed E-state index contributed by atoms with van der Waals surface area (Å²) in [5, 5.41) is 4.45. The zero-order valence-electron chi connectivity index (χ0n) is 14.7. The quantitative estimate of drug-likeness (QED) is 0.682. The Labute approximate surface area is 152 Å². The lowest BCUT2D eigenvalue weighted by atomic mass is 9.85. The van der Waals surface area contributed by atoms with Gasteiger partial charge in [-0.1, -0.05) is 30.4 Å². The van der Waals surface area contributed by atoms with Crippen molar-refractivity contribution >= 4 is 28.4 Å². The Morgan fingerprint density at radius 2 is 1.85 bits per heavy atom. The number of amides is 2. The molecule has 5 nitrogen and oxygen atoms in total. The number of imide groups is 1. The predicted octanol–water partition coefficient (Wildman–Crippen LogP) is 2.76. The molecule has 2 amide bonds. The molecule has 2 fully saturated rings. The Morgan fingerprint density at radius 3 is 2.58 bits per heavy atom. The molecule has 2 bridgehead atoms. The van der Waals surface area contributed by atoms with Crippen LogP contribution >= 0.6 is 0 Å². The van der Waals surface area contributed by atoms with Crippen LogP contribution in [0.2, 0.25) is 0 Å². The van der Waals surface area contributed by atoms with Crippen LogP contribution in [-0.4, -0.2) is 34.8 Å². The molecule has 132 valence electrons. The van der Waals surface area contributed by atoms with E-state index in [1.165, 1.54) is 4.90 Å². The number of aromatic nitrogens is 1. The van der Waals surface area contributed by atoms with Crippen molar-refractivity contribution in [2.24, 2.45) is 23.7 Å². The lowest BCUT2D eigenvalue weighted by Gasteiger charge is -2.18. The summed E-state index contributed by atoms with van der Waals surface area (Å²) in [6.07, 6.45) is 7.02. The maximum atomic E-state index is 12.7. The van der Waals surface area contributed by atoms with Crippen LogP contribution in [0.5, 0.6) is 0 Å². The van der Waals surface area contributed by atoms with Gasteiger partial charge in [0.2, 0.25) is 11.8 Å². The average Bonchev–Trinajstić information content (AvgIpc) is 3.32. The Balaban J connectivity index is 1.30. The Bertz CT molecular complexity index is 921. The zero-order valence-corrected chi connectivity index (χ0v) is 14.7. The smallest absolute Gasteiger partial charge is 0.233 e. The van der Waals surface area contributed by atoms with E-state index in [4.69, 9.17) is 0 Å². The van der Waals surface area contributed by atoms with E-state index in [0.717, 1.165) is 28.6 Å². The number of hydrogen-bond acceptors (Lipinski definition) is 4. The van der Waals surface area contributed by atoms with Gasteiger partial charge < -0.3 is 5.32 Å². The highest BCUT2D eigenvalue weighted by molar-refractivity contribution is 6.06. The first kappa shape index (κ1) is 15.6. The summed E-state index contributed by atoms with van der Waals surface area (Å²) < 4.78 is 0. The van der Waals surface area contributed by atoms with Crippen molar-refractivity contribution in [2.75, 3.05) is 18.4 Å². The fourth-order valence-electron chi connectivity index (χ4n) is 4.96. The van der Waals surface area contributed by atoms with E-state index in [-0.39, 0.29) is 35.5 Å². The van der Waals surface area contributed by atoms with E-state index in [2.05, 4.69) is 22.5 Å². The van der Waals surface area contributed by atoms with E-state index in [1.807, 2.05) is 31.2 Å². The van der Waals surface area contributed by atoms with Gasteiger partial charge in [-0.25, -0.2) is 0 Å². The van der Waals surface area contributed by atoms with E-state index in [1.54, 1.807) is 6.20 Å². The number of carbonyl (C=O) groups excluding carboxylic acids is 2. The molecular formula is C21H21N3O2. The number of carbonyl (C=O) groups is 2. The summed E-state index contributed by atoms with van der Waals surface area (Å²) >= 11 is 0. The first-order chi connectivity index (χ1) is 12.6. The lowest BCUT2D eigenvalue weighted by molar-refractivity contribution is -0.140. The highest BCUT2D eigenvalue weighted by Crippen LogP contribution is 2.52. The predicted molar refractivity (Wildman–Crippen MR) is 99.4 cm³/mol. The lowest BCUT2D eigenvalue weighted by Crippen LogP contribution is -2.36. The molecule has 1 aliphatic heterocycles. The van der Waals surface area contributed by atoms with Crippen LogP contribution in [0.1, 0.15) is 12.0 Å². The van der Waals surface area contributed by atoms with Crippen molar-refractivity contribution < 1.29 is 9.59 Å². The number of aryl methyl sites for hydroxylation is 1. The fraction of sp³-hybridized carbons (Fsp3) is 0.381. The molecule has 3 aliphatic rings. The maximum absolute atomic E-state index is 12.7. The largest absolute Gasteiger partial charge is 0.383 e. The Morgan fingerprint density at radius 1 is 1.12 bits per heavy atom. The van der Waals surface area contributed by atoms with Gasteiger partial charge in [0.25, 0.3) is 0 Å². The van der Waals surface area contributed by atoms with Gasteiger partial charge in [-0.2, -0.15) is 0 Å². The molecule has 2 aliphatic carbocycles. The van der Waals surface area contributed by atoms with Gasteiger partial charge in [0.15, 0.2) is 0 Å². The number of hydrogen-bond donors (Lipinski definition) is 1. The van der Waals surface area contributed by atoms with Crippen molar-refractivity contribution in [3.05, 3.63) is 48.2 Å². The van der Waals surface area contributed by atoms with Crippen LogP contribution in [0.3, 0.4) is 0 Å². The van der Waals surface area contributed by atoms with Crippen molar-refractivity contribution in [3.8, 4) is 0 Å². The van der Waals surface area contributed by atoms with Crippen molar-refractivity contribution in [2.45, 2.75) is 13.3 Å². The fourth-order valence-corrected chi connectivity index (χ4v) is 4.96. The monoisotopic (exact) mass is 347 g/mol. The number of benzene rings is 1. The van der Waals surface area contributed by atoms with E-state index in [9.17, 15) is 9.59 Å². The molecule has 0 radical (unpaired) electrons. The molecule has 5 rings (SSSR count). The van der Waals surface area contributed by atoms with E-state index >= 15 is 0 Å². The van der Waals surface area contributed by atoms with E-state index < -0.39 is 0 Å². The van der Waals surface area contributed by atoms with Crippen LogP contribution in [0.25, 0.3) is 10.9 Å². The number of fused-ring (bicyclic) bond motifs is 6. The van der Waals surface area contributed by atoms with Crippen molar-refractivity contribution in [1.29, 1.82) is 0 Å². The number of likely N-dealkylation sites (tertiary alicyclic amines) is 1. The molecule has 1 N–H and O–H groups in total. The number of rotatable bonds is 4. The molecule has 5 heteroatoms. The summed E-state index contributed by atoms with van der Waals surface area (Å²) in [6.45, 7) is 3.01. The number of pyridine rings is 1. The second-order valence-electron chi connectivity index (χ2n) is 7.58. The minimum Gasteiger partial charge on any atom is -0.383 e. The minimum absolute atomic E-state index is 0.0223. The minimum atomic E-state index is -0.109. The van der Waals surface area contributed by atoms with Gasteiger partial charge in [-0.3, -0.25) is 19.5 Å². The molecule has 1 aromatic carbocycles. The summed E-state index contributed by atoms with van der Waals surface area (Å²) in [5.41, 5.74) is 3.09. The molecular weight excluding hydrogens is 326 g/mol. The van der Waals surface area contributed by atoms with Crippen molar-refractivity contribution in [1.82, 2.24) is 9.88 Å². The summed E-state index contributed by atoms with van der Waals surface area (Å²) in [4.78, 5) is 31.4. The molecule has 4 atom stereocenters. The van der Waals surface area contributed by atoms with Gasteiger partial charge in [0, 0.05) is 30.4 Å². The third-order valence-corrected chi connectivity index (χ3v) is 6.19. The number of nitrogens with zero attached hydrogens (tertiary/aromatic N) is 2. The summed E-state index contributed by atoms with van der Waals surface area (Å²) in [6, 6.07) is 8.04. The molecule has 2 heterocycles. The van der Waals surface area contributed by atoms with Crippen LogP contribution < -0.4 is 5.32 Å². The SMILES string of the molecule is Cc1cccc2c(NCCN3C(=O)C4C5C=CC(C5)C4C3=O)ccnc12. The first-order valence-electron chi connectivity index (χ1n) is 9.27. The van der Waals surface area contributed by atoms with Gasteiger partial charge in [0.1, 0.15) is 0 Å². The van der Waals surface area contributed by atoms with Gasteiger partial charge in [-0.15, -0.1) is 0 Å². The molecule has 1 saturated heterocycles. The molecule has 4 unspecified atom stereocenters. The van der Waals surface area contributed by atoms with Crippen LogP contribution in [0.4, 0.5) is 5.69 Å². The first-order valence-corrected chi connectivity index (χ1v) is 9.27. The number of allylic oxidation sites excluding steroid dienone is 2. The Kier molecular flexibility index (Phi) is 3.39. The molecule has 0 spiro atoms. The van der Waals surface area contributed by atoms with Gasteiger partial charge in [-0.05, 0) is 36.8 Å². The highest BCUT2D eigenvalue weighted by atomic mass is 16.2. The van der Waals surface area contributed by atoms with Gasteiger partial charge >= 0.3 is 0 Å². The number of anilines is 1. The third kappa shape index (κ3) is 2.13. The summed E-state index contributed by atoms with van der Waals surface area (Å²) in [7, 11) is 0. The Hall–Kier alpha value is -2.69. The molecule has 26 heavy (non-hydrogen) atoms.